The number of hydrogen-bond acceptors (Lipinski definition) is 3. The van der Waals surface area contributed by atoms with E-state index < -0.39 is 10.0 Å². The van der Waals surface area contributed by atoms with E-state index in [1.54, 1.807) is 12.1 Å². The standard InChI is InChI=1S/C33H32N2O3S/c1-2-3-4-10-23-17-19-24(20-18-23)39(36,37)34-22-21-27-25-11-5-7-15-30(25)35-32(27)29-14-9-13-28-26-12-6-8-16-31(26)38-33(28)29/h5-9,11-20,34-35H,2-4,10,21-22H2,1H3. The lowest BCUT2D eigenvalue weighted by atomic mass is 10.0. The molecule has 0 aliphatic rings. The first-order chi connectivity index (χ1) is 19.0. The molecule has 0 saturated heterocycles. The first-order valence-electron chi connectivity index (χ1n) is 13.6. The highest BCUT2D eigenvalue weighted by molar-refractivity contribution is 7.89. The molecule has 2 aromatic heterocycles. The SMILES string of the molecule is CCCCCc1ccc(S(=O)(=O)NCCc2c(-c3cccc4c3oc3ccccc34)[nH]c3ccccc23)cc1. The summed E-state index contributed by atoms with van der Waals surface area (Å²) in [6.45, 7) is 2.46. The van der Waals surface area contributed by atoms with Crippen LogP contribution in [0.15, 0.2) is 100 Å². The summed E-state index contributed by atoms with van der Waals surface area (Å²) in [6.07, 6.45) is 4.98. The van der Waals surface area contributed by atoms with E-state index in [4.69, 9.17) is 4.42 Å². The lowest BCUT2D eigenvalue weighted by molar-refractivity contribution is 0.581. The van der Waals surface area contributed by atoms with Crippen molar-refractivity contribution in [3.05, 3.63) is 102 Å². The fourth-order valence-electron chi connectivity index (χ4n) is 5.44. The smallest absolute Gasteiger partial charge is 0.240 e. The largest absolute Gasteiger partial charge is 0.455 e. The number of hydrogen-bond donors (Lipinski definition) is 2. The second kappa shape index (κ2) is 10.7. The summed E-state index contributed by atoms with van der Waals surface area (Å²) in [5, 5.41) is 3.22. The molecule has 6 aromatic rings. The zero-order valence-electron chi connectivity index (χ0n) is 22.0. The number of unbranched alkanes of at least 4 members (excludes halogenated alkanes) is 2. The third-order valence-corrected chi connectivity index (χ3v) is 8.93. The van der Waals surface area contributed by atoms with Gasteiger partial charge < -0.3 is 9.40 Å². The Morgan fingerprint density at radius 3 is 2.33 bits per heavy atom. The molecule has 0 fully saturated rings. The Balaban J connectivity index is 1.29. The quantitative estimate of drug-likeness (QED) is 0.174. The predicted molar refractivity (Wildman–Crippen MR) is 160 cm³/mol. The Morgan fingerprint density at radius 1 is 0.769 bits per heavy atom. The van der Waals surface area contributed by atoms with E-state index in [0.29, 0.717) is 11.3 Å². The Bertz CT molecular complexity index is 1860. The molecule has 4 aromatic carbocycles. The summed E-state index contributed by atoms with van der Waals surface area (Å²) < 4.78 is 35.3. The van der Waals surface area contributed by atoms with E-state index in [1.807, 2.05) is 54.6 Å². The van der Waals surface area contributed by atoms with Crippen LogP contribution in [-0.4, -0.2) is 19.9 Å². The van der Waals surface area contributed by atoms with Gasteiger partial charge in [0, 0.05) is 33.8 Å². The van der Waals surface area contributed by atoms with Gasteiger partial charge in [-0.25, -0.2) is 13.1 Å². The molecule has 0 saturated carbocycles. The van der Waals surface area contributed by atoms with Gasteiger partial charge in [0.15, 0.2) is 0 Å². The number of aromatic nitrogens is 1. The average molecular weight is 537 g/mol. The van der Waals surface area contributed by atoms with E-state index in [0.717, 1.165) is 62.5 Å². The normalized spacial score (nSPS) is 12.1. The molecular weight excluding hydrogens is 504 g/mol. The number of benzene rings is 4. The van der Waals surface area contributed by atoms with Crippen LogP contribution in [0.5, 0.6) is 0 Å². The molecule has 6 rings (SSSR count). The molecular formula is C33H32N2O3S. The van der Waals surface area contributed by atoms with Gasteiger partial charge in [0.05, 0.1) is 10.6 Å². The summed E-state index contributed by atoms with van der Waals surface area (Å²) in [4.78, 5) is 3.89. The van der Waals surface area contributed by atoms with Gasteiger partial charge in [-0.2, -0.15) is 0 Å². The van der Waals surface area contributed by atoms with Crippen molar-refractivity contribution in [1.82, 2.24) is 9.71 Å². The molecule has 0 amide bonds. The van der Waals surface area contributed by atoms with Gasteiger partial charge in [-0.05, 0) is 60.7 Å². The van der Waals surface area contributed by atoms with Crippen LogP contribution in [-0.2, 0) is 22.9 Å². The highest BCUT2D eigenvalue weighted by Gasteiger charge is 2.19. The number of sulfonamides is 1. The molecule has 0 aliphatic heterocycles. The van der Waals surface area contributed by atoms with Crippen LogP contribution in [0.1, 0.15) is 37.3 Å². The van der Waals surface area contributed by atoms with Gasteiger partial charge >= 0.3 is 0 Å². The number of para-hydroxylation sites is 3. The molecule has 0 aliphatic carbocycles. The van der Waals surface area contributed by atoms with Crippen LogP contribution in [0.25, 0.3) is 44.1 Å². The fourth-order valence-corrected chi connectivity index (χ4v) is 6.47. The number of rotatable bonds is 10. The molecule has 0 spiro atoms. The molecule has 6 heteroatoms. The molecule has 2 heterocycles. The van der Waals surface area contributed by atoms with Crippen molar-refractivity contribution >= 4 is 42.9 Å². The predicted octanol–water partition coefficient (Wildman–Crippen LogP) is 7.99. The number of fused-ring (bicyclic) bond motifs is 4. The van der Waals surface area contributed by atoms with Gasteiger partial charge in [0.25, 0.3) is 0 Å². The van der Waals surface area contributed by atoms with Crippen LogP contribution in [0.3, 0.4) is 0 Å². The third kappa shape index (κ3) is 4.98. The van der Waals surface area contributed by atoms with Crippen molar-refractivity contribution in [3.63, 3.8) is 0 Å². The molecule has 2 N–H and O–H groups in total. The lowest BCUT2D eigenvalue weighted by Crippen LogP contribution is -2.26. The van der Waals surface area contributed by atoms with Crippen LogP contribution >= 0.6 is 0 Å². The summed E-state index contributed by atoms with van der Waals surface area (Å²) in [6, 6.07) is 29.7. The van der Waals surface area contributed by atoms with Crippen molar-refractivity contribution in [2.24, 2.45) is 0 Å². The van der Waals surface area contributed by atoms with E-state index >= 15 is 0 Å². The van der Waals surface area contributed by atoms with Crippen molar-refractivity contribution in [3.8, 4) is 11.3 Å². The Morgan fingerprint density at radius 2 is 1.51 bits per heavy atom. The highest BCUT2D eigenvalue weighted by atomic mass is 32.2. The minimum atomic E-state index is -3.62. The van der Waals surface area contributed by atoms with Gasteiger partial charge in [-0.1, -0.05) is 80.4 Å². The molecule has 0 unspecified atom stereocenters. The zero-order valence-corrected chi connectivity index (χ0v) is 22.9. The maximum atomic E-state index is 13.1. The van der Waals surface area contributed by atoms with E-state index in [1.165, 1.54) is 18.4 Å². The fraction of sp³-hybridized carbons (Fsp3) is 0.212. The number of aryl methyl sites for hydroxylation is 1. The zero-order chi connectivity index (χ0) is 26.8. The number of furan rings is 1. The maximum Gasteiger partial charge on any atom is 0.240 e. The van der Waals surface area contributed by atoms with Crippen LogP contribution < -0.4 is 4.72 Å². The number of nitrogens with one attached hydrogen (secondary N) is 2. The Hall–Kier alpha value is -3.87. The van der Waals surface area contributed by atoms with Crippen LogP contribution in [0, 0.1) is 0 Å². The summed E-state index contributed by atoms with van der Waals surface area (Å²) in [5.41, 5.74) is 6.84. The first kappa shape index (κ1) is 25.4. The van der Waals surface area contributed by atoms with Gasteiger partial charge in [0.1, 0.15) is 11.2 Å². The first-order valence-corrected chi connectivity index (χ1v) is 15.1. The number of aromatic amines is 1. The second-order valence-electron chi connectivity index (χ2n) is 10.1. The van der Waals surface area contributed by atoms with E-state index in [9.17, 15) is 8.42 Å². The minimum absolute atomic E-state index is 0.283. The minimum Gasteiger partial charge on any atom is -0.455 e. The van der Waals surface area contributed by atoms with Crippen molar-refractivity contribution in [1.29, 1.82) is 0 Å². The van der Waals surface area contributed by atoms with Crippen LogP contribution in [0.4, 0.5) is 0 Å². The molecule has 0 atom stereocenters. The van der Waals surface area contributed by atoms with Gasteiger partial charge in [-0.3, -0.25) is 0 Å². The highest BCUT2D eigenvalue weighted by Crippen LogP contribution is 2.38. The maximum absolute atomic E-state index is 13.1. The van der Waals surface area contributed by atoms with Gasteiger partial charge in [-0.15, -0.1) is 0 Å². The van der Waals surface area contributed by atoms with Crippen molar-refractivity contribution in [2.45, 2.75) is 43.9 Å². The molecule has 198 valence electrons. The average Bonchev–Trinajstić information content (AvgIpc) is 3.52. The van der Waals surface area contributed by atoms with Crippen molar-refractivity contribution < 1.29 is 12.8 Å². The monoisotopic (exact) mass is 536 g/mol. The summed E-state index contributed by atoms with van der Waals surface area (Å²) in [7, 11) is -3.62. The third-order valence-electron chi connectivity index (χ3n) is 7.46. The summed E-state index contributed by atoms with van der Waals surface area (Å²) >= 11 is 0. The molecule has 0 radical (unpaired) electrons. The van der Waals surface area contributed by atoms with E-state index in [2.05, 4.69) is 40.9 Å². The van der Waals surface area contributed by atoms with Crippen LogP contribution in [0.2, 0.25) is 0 Å². The molecule has 0 bridgehead atoms. The Labute approximate surface area is 228 Å². The van der Waals surface area contributed by atoms with Gasteiger partial charge in [0.2, 0.25) is 10.0 Å². The topological polar surface area (TPSA) is 75.1 Å². The molecule has 39 heavy (non-hydrogen) atoms. The second-order valence-corrected chi connectivity index (χ2v) is 11.8. The Kier molecular flexibility index (Phi) is 6.98. The lowest BCUT2D eigenvalue weighted by Gasteiger charge is -2.10. The van der Waals surface area contributed by atoms with E-state index in [-0.39, 0.29) is 6.54 Å². The number of H-pyrrole nitrogens is 1. The van der Waals surface area contributed by atoms with Crippen molar-refractivity contribution in [2.75, 3.05) is 6.54 Å². The summed E-state index contributed by atoms with van der Waals surface area (Å²) in [5.74, 6) is 0. The molecule has 5 nitrogen and oxygen atoms in total.